The highest BCUT2D eigenvalue weighted by Gasteiger charge is 2.77. The number of allylic oxidation sites excluding steroid dienone is 2. The van der Waals surface area contributed by atoms with E-state index in [0.717, 1.165) is 0 Å². The summed E-state index contributed by atoms with van der Waals surface area (Å²) >= 11 is 0. The third kappa shape index (κ3) is 6.83. The number of ether oxygens (including phenoxy) is 12. The Morgan fingerprint density at radius 3 is 1.18 bits per heavy atom. The van der Waals surface area contributed by atoms with Gasteiger partial charge in [-0.1, -0.05) is 36.4 Å². The number of methoxy groups -OCH3 is 10. The normalized spacial score (nSPS) is 32.8. The lowest BCUT2D eigenvalue weighted by atomic mass is 9.50. The van der Waals surface area contributed by atoms with Gasteiger partial charge in [0.15, 0.2) is 23.0 Å². The zero-order chi connectivity index (χ0) is 44.7. The van der Waals surface area contributed by atoms with E-state index in [2.05, 4.69) is 0 Å². The number of carbonyl (C=O) groups is 4. The summed E-state index contributed by atoms with van der Waals surface area (Å²) in [6.45, 7) is 0. The first-order valence-electron chi connectivity index (χ1n) is 19.9. The summed E-state index contributed by atoms with van der Waals surface area (Å²) in [6.07, 6.45) is 7.38. The molecule has 0 amide bonds. The van der Waals surface area contributed by atoms with Crippen molar-refractivity contribution >= 4 is 23.9 Å². The zero-order valence-corrected chi connectivity index (χ0v) is 36.2. The standard InChI is InChI=1S/C46H52O16/c1-51-29-15-11-25(21-31(29)53-3)35-27-19-23(13-17-33(47)55-5)37(39(35)43(49)57-7)41-45(27,59-9)61-42-38-24(14-18-34(48)56-6)20-28(46(42,60-10)62-41)36(40(38)44(50)58-8)26-12-16-30(52-2)32(22-26)54-4/h11-22,27-28,35-42H,1-10H3/b17-13+,18-14+/t27-,28-,35+,36+,37+,38+,39-,40-,41+,42+,45-,46-/m0/s1. The van der Waals surface area contributed by atoms with Crippen LogP contribution in [0, 0.1) is 35.5 Å². The molecule has 0 spiro atoms. The number of hydrogen-bond acceptors (Lipinski definition) is 16. The van der Waals surface area contributed by atoms with Gasteiger partial charge in [0.2, 0.25) is 11.6 Å². The Kier molecular flexibility index (Phi) is 12.6. The molecule has 0 aromatic heterocycles. The quantitative estimate of drug-likeness (QED) is 0.148. The van der Waals surface area contributed by atoms with Crippen molar-refractivity contribution < 1.29 is 76.0 Å². The highest BCUT2D eigenvalue weighted by Crippen LogP contribution is 2.68. The zero-order valence-electron chi connectivity index (χ0n) is 36.2. The molecule has 7 aliphatic rings. The minimum atomic E-state index is -1.67. The van der Waals surface area contributed by atoms with Crippen LogP contribution in [-0.4, -0.2) is 119 Å². The lowest BCUT2D eigenvalue weighted by molar-refractivity contribution is -0.482. The number of esters is 4. The molecule has 4 bridgehead atoms. The van der Waals surface area contributed by atoms with Crippen LogP contribution < -0.4 is 18.9 Å². The summed E-state index contributed by atoms with van der Waals surface area (Å²) in [5, 5.41) is 0. The van der Waals surface area contributed by atoms with E-state index in [1.807, 2.05) is 24.3 Å². The van der Waals surface area contributed by atoms with E-state index in [1.54, 1.807) is 36.4 Å². The average molecular weight is 861 g/mol. The molecule has 3 fully saturated rings. The van der Waals surface area contributed by atoms with Crippen LogP contribution >= 0.6 is 0 Å². The van der Waals surface area contributed by atoms with Crippen LogP contribution in [0.5, 0.6) is 23.0 Å². The van der Waals surface area contributed by atoms with Gasteiger partial charge in [0.1, 0.15) is 12.2 Å². The first-order chi connectivity index (χ1) is 29.9. The highest BCUT2D eigenvalue weighted by atomic mass is 16.8. The van der Waals surface area contributed by atoms with E-state index in [0.29, 0.717) is 45.3 Å². The summed E-state index contributed by atoms with van der Waals surface area (Å²) in [5.41, 5.74) is 2.49. The molecule has 2 saturated carbocycles. The molecule has 1 aliphatic heterocycles. The van der Waals surface area contributed by atoms with Crippen molar-refractivity contribution in [1.29, 1.82) is 0 Å². The van der Waals surface area contributed by atoms with Crippen LogP contribution in [0.1, 0.15) is 23.0 Å². The van der Waals surface area contributed by atoms with Crippen molar-refractivity contribution in [2.24, 2.45) is 35.5 Å². The predicted molar refractivity (Wildman–Crippen MR) is 217 cm³/mol. The summed E-state index contributed by atoms with van der Waals surface area (Å²) in [6, 6.07) is 10.8. The van der Waals surface area contributed by atoms with Crippen LogP contribution in [0.25, 0.3) is 0 Å². The topological polar surface area (TPSA) is 179 Å². The van der Waals surface area contributed by atoms with E-state index in [9.17, 15) is 19.2 Å². The Bertz CT molecular complexity index is 2060. The Morgan fingerprint density at radius 2 is 0.871 bits per heavy atom. The molecule has 0 radical (unpaired) electrons. The van der Waals surface area contributed by atoms with Gasteiger partial charge in [-0.25, -0.2) is 9.59 Å². The predicted octanol–water partition coefficient (Wildman–Crippen LogP) is 4.47. The summed E-state index contributed by atoms with van der Waals surface area (Å²) in [5.74, 6) is -10.6. The van der Waals surface area contributed by atoms with Crippen molar-refractivity contribution in [2.75, 3.05) is 71.1 Å². The summed E-state index contributed by atoms with van der Waals surface area (Å²) in [4.78, 5) is 53.9. The van der Waals surface area contributed by atoms with Gasteiger partial charge in [-0.2, -0.15) is 0 Å². The van der Waals surface area contributed by atoms with Crippen molar-refractivity contribution in [3.8, 4) is 23.0 Å². The molecule has 9 rings (SSSR count). The molecule has 2 aromatic rings. The fourth-order valence-corrected chi connectivity index (χ4v) is 10.7. The minimum absolute atomic E-state index is 0.422. The maximum atomic E-state index is 14.4. The van der Waals surface area contributed by atoms with Crippen molar-refractivity contribution in [3.05, 3.63) is 95.1 Å². The van der Waals surface area contributed by atoms with Gasteiger partial charge >= 0.3 is 23.9 Å². The van der Waals surface area contributed by atoms with Crippen LogP contribution in [0.4, 0.5) is 0 Å². The Labute approximate surface area is 359 Å². The molecular formula is C46H52O16. The Balaban J connectivity index is 1.49. The van der Waals surface area contributed by atoms with Crippen molar-refractivity contribution in [2.45, 2.75) is 35.6 Å². The summed E-state index contributed by atoms with van der Waals surface area (Å²) < 4.78 is 71.6. The van der Waals surface area contributed by atoms with Gasteiger partial charge in [0.25, 0.3) is 0 Å². The molecule has 2 aromatic carbocycles. The van der Waals surface area contributed by atoms with Crippen LogP contribution in [0.15, 0.2) is 84.0 Å². The molecule has 0 unspecified atom stereocenters. The summed E-state index contributed by atoms with van der Waals surface area (Å²) in [7, 11) is 14.2. The SMILES string of the molecule is COC(=O)/C=C/C1=C[C@H]2[C@@H](c3ccc(OC)c(OC)c3)[C@H](C(=O)OC)[C@@H]1[C@H]1O[C@]3(OC)[C@H](O[C@]12OC)[C@@H]1C(/C=C/C(=O)OC)=C[C@H]3[C@@H](c2ccc(OC)c(OC)c2)[C@@H]1C(=O)OC. The van der Waals surface area contributed by atoms with Gasteiger partial charge in [-0.15, -0.1) is 0 Å². The van der Waals surface area contributed by atoms with Crippen molar-refractivity contribution in [3.63, 3.8) is 0 Å². The molecular weight excluding hydrogens is 808 g/mol. The van der Waals surface area contributed by atoms with Gasteiger partial charge in [0.05, 0.1) is 68.7 Å². The maximum absolute atomic E-state index is 14.4. The smallest absolute Gasteiger partial charge is 0.330 e. The van der Waals surface area contributed by atoms with Gasteiger partial charge in [-0.3, -0.25) is 9.59 Å². The van der Waals surface area contributed by atoms with Gasteiger partial charge in [-0.05, 0) is 46.5 Å². The third-order valence-corrected chi connectivity index (χ3v) is 13.2. The minimum Gasteiger partial charge on any atom is -0.493 e. The first-order valence-corrected chi connectivity index (χ1v) is 19.9. The monoisotopic (exact) mass is 860 g/mol. The van der Waals surface area contributed by atoms with Crippen LogP contribution in [-0.2, 0) is 57.1 Å². The fourth-order valence-electron chi connectivity index (χ4n) is 10.7. The number of carbonyl (C=O) groups excluding carboxylic acids is 4. The maximum Gasteiger partial charge on any atom is 0.330 e. The molecule has 6 aliphatic carbocycles. The second-order valence-corrected chi connectivity index (χ2v) is 15.5. The molecule has 0 N–H and O–H groups in total. The van der Waals surface area contributed by atoms with E-state index in [4.69, 9.17) is 56.8 Å². The number of fused-ring (bicyclic) bond motifs is 2. The molecule has 62 heavy (non-hydrogen) atoms. The van der Waals surface area contributed by atoms with E-state index >= 15 is 0 Å². The van der Waals surface area contributed by atoms with Crippen LogP contribution in [0.3, 0.4) is 0 Å². The first kappa shape index (κ1) is 44.4. The van der Waals surface area contributed by atoms with Gasteiger partial charge < -0.3 is 56.8 Å². The Morgan fingerprint density at radius 1 is 0.500 bits per heavy atom. The third-order valence-electron chi connectivity index (χ3n) is 13.2. The lowest BCUT2D eigenvalue weighted by Gasteiger charge is -2.69. The van der Waals surface area contributed by atoms with E-state index in [1.165, 1.54) is 83.3 Å². The van der Waals surface area contributed by atoms with Gasteiger partial charge in [0, 0.05) is 61.9 Å². The number of rotatable bonds is 14. The second kappa shape index (κ2) is 17.6. The molecule has 1 heterocycles. The van der Waals surface area contributed by atoms with Crippen molar-refractivity contribution in [1.82, 2.24) is 0 Å². The largest absolute Gasteiger partial charge is 0.493 e. The van der Waals surface area contributed by atoms with E-state index in [-0.39, 0.29) is 0 Å². The lowest BCUT2D eigenvalue weighted by Crippen LogP contribution is -2.79. The average Bonchev–Trinajstić information content (AvgIpc) is 3.32. The molecule has 16 nitrogen and oxygen atoms in total. The molecule has 1 saturated heterocycles. The number of benzene rings is 2. The number of hydrogen-bond donors (Lipinski definition) is 0. The fraction of sp³-hybridized carbons (Fsp3) is 0.478. The molecule has 12 atom stereocenters. The van der Waals surface area contributed by atoms with E-state index < -0.39 is 95.0 Å². The highest BCUT2D eigenvalue weighted by molar-refractivity contribution is 5.84. The Hall–Kier alpha value is -5.68. The van der Waals surface area contributed by atoms with Crippen LogP contribution in [0.2, 0.25) is 0 Å². The molecule has 16 heteroatoms. The second-order valence-electron chi connectivity index (χ2n) is 15.5. The molecule has 332 valence electrons.